The van der Waals surface area contributed by atoms with E-state index in [1.165, 1.54) is 0 Å². The van der Waals surface area contributed by atoms with Crippen LogP contribution >= 0.6 is 0 Å². The van der Waals surface area contributed by atoms with Crippen LogP contribution in [0.2, 0.25) is 0 Å². The van der Waals surface area contributed by atoms with Gasteiger partial charge < -0.3 is 5.73 Å². The van der Waals surface area contributed by atoms with Gasteiger partial charge in [0.05, 0.1) is 0 Å². The van der Waals surface area contributed by atoms with Crippen molar-refractivity contribution in [3.8, 4) is 0 Å². The molecule has 2 aromatic rings. The van der Waals surface area contributed by atoms with Crippen LogP contribution in [0.3, 0.4) is 0 Å². The van der Waals surface area contributed by atoms with E-state index in [0.717, 1.165) is 30.0 Å². The van der Waals surface area contributed by atoms with Gasteiger partial charge in [0.2, 0.25) is 0 Å². The Balaban J connectivity index is 2.03. The number of aromatic nitrogens is 3. The summed E-state index contributed by atoms with van der Waals surface area (Å²) in [5, 5.41) is 4.52. The quantitative estimate of drug-likeness (QED) is 0.757. The van der Waals surface area contributed by atoms with Crippen molar-refractivity contribution in [2.45, 2.75) is 31.7 Å². The van der Waals surface area contributed by atoms with Crippen LogP contribution in [0.4, 0.5) is 0 Å². The summed E-state index contributed by atoms with van der Waals surface area (Å²) in [4.78, 5) is 4.53. The van der Waals surface area contributed by atoms with E-state index in [-0.39, 0.29) is 0 Å². The van der Waals surface area contributed by atoms with E-state index in [2.05, 4.69) is 10.1 Å². The molecule has 0 aliphatic heterocycles. The summed E-state index contributed by atoms with van der Waals surface area (Å²) in [5.41, 5.74) is 7.82. The topological polar surface area (TPSA) is 56.2 Å². The van der Waals surface area contributed by atoms with E-state index < -0.39 is 0 Å². The highest BCUT2D eigenvalue weighted by atomic mass is 15.3. The SMILES string of the molecule is Cc1cccc2nc(C3CC(N)C3)nn12. The third-order valence-electron chi connectivity index (χ3n) is 3.11. The van der Waals surface area contributed by atoms with Crippen LogP contribution in [0.1, 0.15) is 30.3 Å². The molecule has 4 nitrogen and oxygen atoms in total. The van der Waals surface area contributed by atoms with Crippen LogP contribution in [-0.4, -0.2) is 20.6 Å². The molecule has 3 rings (SSSR count). The zero-order valence-corrected chi connectivity index (χ0v) is 8.72. The molecule has 1 aliphatic rings. The lowest BCUT2D eigenvalue weighted by atomic mass is 9.80. The van der Waals surface area contributed by atoms with Crippen LogP contribution in [0, 0.1) is 6.92 Å². The highest BCUT2D eigenvalue weighted by Crippen LogP contribution is 2.33. The van der Waals surface area contributed by atoms with E-state index in [1.54, 1.807) is 0 Å². The number of hydrogen-bond donors (Lipinski definition) is 1. The second-order valence-electron chi connectivity index (χ2n) is 4.34. The molecule has 0 amide bonds. The molecule has 1 saturated carbocycles. The monoisotopic (exact) mass is 202 g/mol. The van der Waals surface area contributed by atoms with Crippen LogP contribution in [0.25, 0.3) is 5.65 Å². The van der Waals surface area contributed by atoms with Crippen molar-refractivity contribution >= 4 is 5.65 Å². The Morgan fingerprint density at radius 3 is 2.87 bits per heavy atom. The molecular weight excluding hydrogens is 188 g/mol. The van der Waals surface area contributed by atoms with Gasteiger partial charge in [0, 0.05) is 17.7 Å². The zero-order chi connectivity index (χ0) is 10.4. The van der Waals surface area contributed by atoms with Crippen LogP contribution in [0.15, 0.2) is 18.2 Å². The average Bonchev–Trinajstić information content (AvgIpc) is 2.58. The van der Waals surface area contributed by atoms with Crippen molar-refractivity contribution in [3.63, 3.8) is 0 Å². The number of rotatable bonds is 1. The summed E-state index contributed by atoms with van der Waals surface area (Å²) < 4.78 is 1.90. The zero-order valence-electron chi connectivity index (χ0n) is 8.72. The Labute approximate surface area is 88.1 Å². The molecule has 0 atom stereocenters. The molecule has 0 spiro atoms. The van der Waals surface area contributed by atoms with Gasteiger partial charge in [-0.1, -0.05) is 6.07 Å². The predicted octanol–water partition coefficient (Wildman–Crippen LogP) is 1.24. The Kier molecular flexibility index (Phi) is 1.79. The first-order valence-electron chi connectivity index (χ1n) is 5.32. The number of hydrogen-bond acceptors (Lipinski definition) is 3. The predicted molar refractivity (Wildman–Crippen MR) is 57.7 cm³/mol. The van der Waals surface area contributed by atoms with Crippen LogP contribution in [0.5, 0.6) is 0 Å². The largest absolute Gasteiger partial charge is 0.328 e. The third-order valence-corrected chi connectivity index (χ3v) is 3.11. The van der Waals surface area contributed by atoms with Gasteiger partial charge in [-0.2, -0.15) is 5.10 Å². The second kappa shape index (κ2) is 3.03. The molecule has 0 aromatic carbocycles. The third kappa shape index (κ3) is 1.33. The lowest BCUT2D eigenvalue weighted by Gasteiger charge is -2.29. The minimum absolute atomic E-state index is 0.350. The van der Waals surface area contributed by atoms with E-state index >= 15 is 0 Å². The lowest BCUT2D eigenvalue weighted by Crippen LogP contribution is -2.35. The van der Waals surface area contributed by atoms with Crippen molar-refractivity contribution in [1.29, 1.82) is 0 Å². The number of aryl methyl sites for hydroxylation is 1. The van der Waals surface area contributed by atoms with Gasteiger partial charge >= 0.3 is 0 Å². The molecule has 1 aliphatic carbocycles. The molecule has 4 heteroatoms. The normalized spacial score (nSPS) is 25.5. The van der Waals surface area contributed by atoms with Gasteiger partial charge in [0.15, 0.2) is 11.5 Å². The van der Waals surface area contributed by atoms with Gasteiger partial charge in [-0.15, -0.1) is 0 Å². The molecule has 78 valence electrons. The summed E-state index contributed by atoms with van der Waals surface area (Å²) in [6.07, 6.45) is 2.05. The smallest absolute Gasteiger partial charge is 0.155 e. The Morgan fingerprint density at radius 2 is 2.20 bits per heavy atom. The molecule has 2 heterocycles. The maximum absolute atomic E-state index is 5.77. The van der Waals surface area contributed by atoms with Crippen LogP contribution in [-0.2, 0) is 0 Å². The lowest BCUT2D eigenvalue weighted by molar-refractivity contribution is 0.338. The Morgan fingerprint density at radius 1 is 1.40 bits per heavy atom. The van der Waals surface area contributed by atoms with Crippen molar-refractivity contribution < 1.29 is 0 Å². The second-order valence-corrected chi connectivity index (χ2v) is 4.34. The Bertz CT molecular complexity index is 496. The van der Waals surface area contributed by atoms with Gasteiger partial charge in [0.1, 0.15) is 0 Å². The minimum Gasteiger partial charge on any atom is -0.328 e. The van der Waals surface area contributed by atoms with Crippen molar-refractivity contribution in [2.75, 3.05) is 0 Å². The summed E-state index contributed by atoms with van der Waals surface area (Å²) >= 11 is 0. The van der Waals surface area contributed by atoms with E-state index in [1.807, 2.05) is 29.6 Å². The Hall–Kier alpha value is -1.42. The van der Waals surface area contributed by atoms with E-state index in [4.69, 9.17) is 5.73 Å². The maximum Gasteiger partial charge on any atom is 0.155 e. The molecule has 2 aromatic heterocycles. The molecule has 0 saturated heterocycles. The van der Waals surface area contributed by atoms with Gasteiger partial charge in [-0.3, -0.25) is 0 Å². The fourth-order valence-corrected chi connectivity index (χ4v) is 2.10. The fraction of sp³-hybridized carbons (Fsp3) is 0.455. The van der Waals surface area contributed by atoms with Crippen LogP contribution < -0.4 is 5.73 Å². The maximum atomic E-state index is 5.77. The molecular formula is C11H14N4. The summed E-state index contributed by atoms with van der Waals surface area (Å²) in [5.74, 6) is 1.42. The standard InChI is InChI=1S/C11H14N4/c1-7-3-2-4-10-13-11(14-15(7)10)8-5-9(12)6-8/h2-4,8-9H,5-6,12H2,1H3. The highest BCUT2D eigenvalue weighted by molar-refractivity contribution is 5.39. The first-order chi connectivity index (χ1) is 7.24. The molecule has 0 radical (unpaired) electrons. The van der Waals surface area contributed by atoms with Gasteiger partial charge in [-0.05, 0) is 31.9 Å². The van der Waals surface area contributed by atoms with Crippen molar-refractivity contribution in [3.05, 3.63) is 29.7 Å². The molecule has 0 unspecified atom stereocenters. The van der Waals surface area contributed by atoms with E-state index in [0.29, 0.717) is 12.0 Å². The molecule has 15 heavy (non-hydrogen) atoms. The molecule has 2 N–H and O–H groups in total. The van der Waals surface area contributed by atoms with Gasteiger partial charge in [0.25, 0.3) is 0 Å². The number of nitrogens with zero attached hydrogens (tertiary/aromatic N) is 3. The highest BCUT2D eigenvalue weighted by Gasteiger charge is 2.30. The molecule has 0 bridgehead atoms. The summed E-state index contributed by atoms with van der Waals surface area (Å²) in [6, 6.07) is 6.39. The summed E-state index contributed by atoms with van der Waals surface area (Å²) in [6.45, 7) is 2.04. The minimum atomic E-state index is 0.350. The molecule has 1 fully saturated rings. The first kappa shape index (κ1) is 8.85. The van der Waals surface area contributed by atoms with E-state index in [9.17, 15) is 0 Å². The van der Waals surface area contributed by atoms with Crippen molar-refractivity contribution in [2.24, 2.45) is 5.73 Å². The summed E-state index contributed by atoms with van der Waals surface area (Å²) in [7, 11) is 0. The number of pyridine rings is 1. The number of nitrogens with two attached hydrogens (primary N) is 1. The fourth-order valence-electron chi connectivity index (χ4n) is 2.10. The number of fused-ring (bicyclic) bond motifs is 1. The average molecular weight is 202 g/mol. The van der Waals surface area contributed by atoms with Crippen molar-refractivity contribution in [1.82, 2.24) is 14.6 Å². The first-order valence-corrected chi connectivity index (χ1v) is 5.32. The van der Waals surface area contributed by atoms with Gasteiger partial charge in [-0.25, -0.2) is 9.50 Å².